The molecule has 2 N–H and O–H groups in total. The Hall–Kier alpha value is -7.52. The highest BCUT2D eigenvalue weighted by atomic mass is 32.2. The van der Waals surface area contributed by atoms with E-state index in [1.54, 1.807) is 47.5 Å². The number of aliphatic carboxylic acids is 2. The topological polar surface area (TPSA) is 217 Å². The summed E-state index contributed by atoms with van der Waals surface area (Å²) >= 11 is 0. The fourth-order valence-corrected chi connectivity index (χ4v) is 14.3. The highest BCUT2D eigenvalue weighted by Gasteiger charge is 2.36. The number of nitrogens with zero attached hydrogens (tertiary/aromatic N) is 10. The van der Waals surface area contributed by atoms with Crippen LogP contribution in [0.15, 0.2) is 119 Å². The Morgan fingerprint density at radius 2 is 0.866 bits per heavy atom. The Labute approximate surface area is 483 Å². The molecule has 0 amide bonds. The Bertz CT molecular complexity index is 3610. The highest BCUT2D eigenvalue weighted by molar-refractivity contribution is 7.89. The van der Waals surface area contributed by atoms with Crippen LogP contribution in [0.3, 0.4) is 0 Å². The van der Waals surface area contributed by atoms with E-state index in [-0.39, 0.29) is 13.1 Å². The molecule has 0 radical (unpaired) electrons. The van der Waals surface area contributed by atoms with E-state index in [0.29, 0.717) is 47.3 Å². The standard InChI is InChI=1S/2C29H33N5O4S.2C2H6/c2*1-18-10-11-21(27(20(3)29(35)36)23-12-13-25-28(19(23)2)30-31-33(25)5)16-22(18)17-34-15-14-32(4)24-8-6-7-9-26(24)39(34,37)38;2*1-2/h2*6-13,16,20,27H,14-15,17H2,1-5H3,(H,35,36);2*1-2H3. The van der Waals surface area contributed by atoms with Gasteiger partial charge in [-0.1, -0.05) is 125 Å². The van der Waals surface area contributed by atoms with Crippen LogP contribution < -0.4 is 9.80 Å². The lowest BCUT2D eigenvalue weighted by molar-refractivity contribution is -0.142. The molecule has 10 rings (SSSR count). The molecule has 2 aliphatic heterocycles. The van der Waals surface area contributed by atoms with Crippen LogP contribution in [-0.4, -0.2) is 118 Å². The molecule has 6 aromatic carbocycles. The zero-order valence-corrected chi connectivity index (χ0v) is 51.2. The molecule has 436 valence electrons. The van der Waals surface area contributed by atoms with Crippen LogP contribution in [0.1, 0.15) is 109 Å². The lowest BCUT2D eigenvalue weighted by Crippen LogP contribution is -2.33. The number of benzene rings is 6. The zero-order valence-electron chi connectivity index (χ0n) is 49.6. The number of carboxylic acid groups (broad SMARTS) is 2. The average Bonchev–Trinajstić information content (AvgIpc) is 4.11. The van der Waals surface area contributed by atoms with Crippen LogP contribution in [-0.2, 0) is 56.8 Å². The molecule has 0 saturated heterocycles. The monoisotopic (exact) mass is 1150 g/mol. The van der Waals surface area contributed by atoms with Crippen molar-refractivity contribution < 1.29 is 36.6 Å². The summed E-state index contributed by atoms with van der Waals surface area (Å²) in [6.45, 7) is 21.4. The summed E-state index contributed by atoms with van der Waals surface area (Å²) < 4.78 is 61.2. The predicted molar refractivity (Wildman–Crippen MR) is 323 cm³/mol. The molecule has 0 saturated carbocycles. The summed E-state index contributed by atoms with van der Waals surface area (Å²) in [6.07, 6.45) is 0. The average molecular weight is 1160 g/mol. The molecule has 0 spiro atoms. The largest absolute Gasteiger partial charge is 0.481 e. The summed E-state index contributed by atoms with van der Waals surface area (Å²) in [5, 5.41) is 37.0. The van der Waals surface area contributed by atoms with Crippen molar-refractivity contribution in [1.29, 1.82) is 0 Å². The molecule has 2 aromatic heterocycles. The van der Waals surface area contributed by atoms with Gasteiger partial charge in [-0.15, -0.1) is 10.2 Å². The predicted octanol–water partition coefficient (Wildman–Crippen LogP) is 10.2. The van der Waals surface area contributed by atoms with Gasteiger partial charge in [0.25, 0.3) is 0 Å². The van der Waals surface area contributed by atoms with E-state index < -0.39 is 55.7 Å². The number of aromatic nitrogens is 6. The second-order valence-corrected chi connectivity index (χ2v) is 24.6. The number of anilines is 2. The summed E-state index contributed by atoms with van der Waals surface area (Å²) in [4.78, 5) is 29.1. The second-order valence-electron chi connectivity index (χ2n) is 20.8. The molecule has 0 aliphatic carbocycles. The maximum Gasteiger partial charge on any atom is 0.307 e. The lowest BCUT2D eigenvalue weighted by atomic mass is 9.79. The first-order chi connectivity index (χ1) is 39.0. The minimum absolute atomic E-state index is 0.195. The maximum absolute atomic E-state index is 13.7. The van der Waals surface area contributed by atoms with Crippen molar-refractivity contribution in [3.63, 3.8) is 0 Å². The molecular weight excluding hydrogens is 1080 g/mol. The Morgan fingerprint density at radius 1 is 0.512 bits per heavy atom. The van der Waals surface area contributed by atoms with E-state index in [4.69, 9.17) is 0 Å². The van der Waals surface area contributed by atoms with Gasteiger partial charge in [-0.05, 0) is 120 Å². The third-order valence-corrected chi connectivity index (χ3v) is 19.7. The van der Waals surface area contributed by atoms with Gasteiger partial charge < -0.3 is 20.0 Å². The smallest absolute Gasteiger partial charge is 0.307 e. The molecule has 4 heterocycles. The minimum atomic E-state index is -3.73. The minimum Gasteiger partial charge on any atom is -0.481 e. The molecule has 18 nitrogen and oxygen atoms in total. The molecule has 2 aliphatic rings. The van der Waals surface area contributed by atoms with Crippen LogP contribution in [0.5, 0.6) is 0 Å². The van der Waals surface area contributed by atoms with Gasteiger partial charge in [-0.3, -0.25) is 9.59 Å². The fraction of sp³-hybridized carbons (Fsp3) is 0.387. The van der Waals surface area contributed by atoms with E-state index in [0.717, 1.165) is 77.7 Å². The second kappa shape index (κ2) is 25.7. The van der Waals surface area contributed by atoms with Crippen molar-refractivity contribution in [2.75, 3.05) is 50.1 Å². The maximum atomic E-state index is 13.7. The van der Waals surface area contributed by atoms with E-state index in [1.807, 2.05) is 178 Å². The van der Waals surface area contributed by atoms with Gasteiger partial charge in [-0.25, -0.2) is 26.2 Å². The SMILES string of the molecule is CC.CC.Cc1ccc(C(c2ccc3c(nnn3C)c2C)C(C)C(=O)O)cc1CN1CCN(C)c2ccccc2S1(=O)=O.Cc1ccc(C(c2ccc3c(nnn3C)c2C)C(C)C(=O)O)cc1CN1CCN(C)c2ccccc2S1(=O)=O. The molecule has 8 aromatic rings. The van der Waals surface area contributed by atoms with Crippen molar-refractivity contribution >= 4 is 65.4 Å². The number of para-hydroxylation sites is 2. The van der Waals surface area contributed by atoms with Crippen LogP contribution in [0, 0.1) is 39.5 Å². The highest BCUT2D eigenvalue weighted by Crippen LogP contribution is 2.40. The van der Waals surface area contributed by atoms with Crippen LogP contribution >= 0.6 is 0 Å². The van der Waals surface area contributed by atoms with Gasteiger partial charge >= 0.3 is 11.9 Å². The lowest BCUT2D eigenvalue weighted by Gasteiger charge is -2.26. The first-order valence-electron chi connectivity index (χ1n) is 27.8. The molecule has 0 fully saturated rings. The van der Waals surface area contributed by atoms with Crippen molar-refractivity contribution in [2.24, 2.45) is 25.9 Å². The van der Waals surface area contributed by atoms with Crippen LogP contribution in [0.25, 0.3) is 22.1 Å². The summed E-state index contributed by atoms with van der Waals surface area (Å²) in [5.41, 5.74) is 13.3. The first kappa shape index (κ1) is 62.1. The molecule has 0 bridgehead atoms. The molecule has 4 atom stereocenters. The number of aryl methyl sites for hydroxylation is 6. The van der Waals surface area contributed by atoms with E-state index in [1.165, 1.54) is 8.61 Å². The number of fused-ring (bicyclic) bond motifs is 4. The normalized spacial score (nSPS) is 16.3. The third-order valence-electron chi connectivity index (χ3n) is 15.9. The summed E-state index contributed by atoms with van der Waals surface area (Å²) in [6, 6.07) is 33.6. The first-order valence-corrected chi connectivity index (χ1v) is 30.7. The summed E-state index contributed by atoms with van der Waals surface area (Å²) in [5.74, 6) is -4.18. The number of sulfonamides is 2. The number of likely N-dealkylation sites (N-methyl/N-ethyl adjacent to an activating group) is 2. The number of rotatable bonds is 12. The zero-order chi connectivity index (χ0) is 60.1. The molecule has 82 heavy (non-hydrogen) atoms. The quantitative estimate of drug-likeness (QED) is 0.116. The van der Waals surface area contributed by atoms with Crippen molar-refractivity contribution in [3.8, 4) is 0 Å². The molecule has 20 heteroatoms. The molecule has 4 unspecified atom stereocenters. The van der Waals surface area contributed by atoms with Crippen molar-refractivity contribution in [2.45, 2.75) is 104 Å². The van der Waals surface area contributed by atoms with Gasteiger partial charge in [0.05, 0.1) is 34.2 Å². The third kappa shape index (κ3) is 12.2. The van der Waals surface area contributed by atoms with E-state index >= 15 is 0 Å². The Balaban J connectivity index is 0.000000223. The fourth-order valence-electron chi connectivity index (χ4n) is 11.0. The van der Waals surface area contributed by atoms with Gasteiger partial charge in [0.2, 0.25) is 20.0 Å². The van der Waals surface area contributed by atoms with Crippen LogP contribution in [0.4, 0.5) is 11.4 Å². The van der Waals surface area contributed by atoms with Gasteiger partial charge in [0, 0.05) is 79.3 Å². The Morgan fingerprint density at radius 3 is 1.22 bits per heavy atom. The van der Waals surface area contributed by atoms with E-state index in [2.05, 4.69) is 20.6 Å². The Kier molecular flexibility index (Phi) is 19.5. The summed E-state index contributed by atoms with van der Waals surface area (Å²) in [7, 11) is -0.0114. The number of carboxylic acids is 2. The number of carbonyl (C=O) groups is 2. The number of hydrogen-bond acceptors (Lipinski definition) is 12. The van der Waals surface area contributed by atoms with Crippen LogP contribution in [0.2, 0.25) is 0 Å². The van der Waals surface area contributed by atoms with Gasteiger partial charge in [0.1, 0.15) is 20.8 Å². The van der Waals surface area contributed by atoms with Gasteiger partial charge in [-0.2, -0.15) is 8.61 Å². The molecular formula is C62H78N10O8S2. The number of hydrogen-bond donors (Lipinski definition) is 2. The van der Waals surface area contributed by atoms with Crippen molar-refractivity contribution in [1.82, 2.24) is 38.6 Å². The van der Waals surface area contributed by atoms with Gasteiger partial charge in [0.15, 0.2) is 0 Å². The van der Waals surface area contributed by atoms with E-state index in [9.17, 15) is 36.6 Å². The van der Waals surface area contributed by atoms with Crippen molar-refractivity contribution in [3.05, 3.63) is 165 Å².